The van der Waals surface area contributed by atoms with Crippen LogP contribution in [0.15, 0.2) is 59.8 Å². The van der Waals surface area contributed by atoms with Crippen molar-refractivity contribution in [1.29, 1.82) is 0 Å². The van der Waals surface area contributed by atoms with Crippen molar-refractivity contribution in [3.8, 4) is 0 Å². The lowest BCUT2D eigenvalue weighted by Gasteiger charge is -2.05. The average Bonchev–Trinajstić information content (AvgIpc) is 3.03. The lowest BCUT2D eigenvalue weighted by atomic mass is 10.1. The first-order chi connectivity index (χ1) is 12.1. The average molecular weight is 388 g/mol. The molecule has 0 saturated heterocycles. The molecule has 2 aromatic heterocycles. The number of Topliss-reactive ketones (excluding diaryl/α,β-unsaturated/α-hetero) is 1. The highest BCUT2D eigenvalue weighted by atomic mass is 35.5. The number of rotatable bonds is 4. The SMILES string of the molecule is O=C(CSc1nnc2ccc3ccccc3n12)c1ccc(Cl)cc1Cl. The van der Waals surface area contributed by atoms with Crippen molar-refractivity contribution in [2.45, 2.75) is 5.16 Å². The number of hydrogen-bond acceptors (Lipinski definition) is 4. The summed E-state index contributed by atoms with van der Waals surface area (Å²) in [5.74, 6) is 0.134. The van der Waals surface area contributed by atoms with Crippen molar-refractivity contribution in [1.82, 2.24) is 14.6 Å². The van der Waals surface area contributed by atoms with Gasteiger partial charge in [0.15, 0.2) is 16.6 Å². The van der Waals surface area contributed by atoms with Gasteiger partial charge in [0.1, 0.15) is 0 Å². The van der Waals surface area contributed by atoms with Crippen LogP contribution in [0.1, 0.15) is 10.4 Å². The summed E-state index contributed by atoms with van der Waals surface area (Å²) in [6.07, 6.45) is 0. The number of halogens is 2. The first kappa shape index (κ1) is 16.4. The molecule has 2 aromatic carbocycles. The highest BCUT2D eigenvalue weighted by molar-refractivity contribution is 7.99. The molecule has 4 rings (SSSR count). The van der Waals surface area contributed by atoms with Crippen LogP contribution in [0, 0.1) is 0 Å². The number of para-hydroxylation sites is 1. The molecular formula is C18H11Cl2N3OS. The first-order valence-electron chi connectivity index (χ1n) is 7.47. The second-order valence-electron chi connectivity index (χ2n) is 5.40. The predicted molar refractivity (Wildman–Crippen MR) is 102 cm³/mol. The van der Waals surface area contributed by atoms with E-state index in [9.17, 15) is 4.79 Å². The molecule has 0 spiro atoms. The molecule has 0 amide bonds. The summed E-state index contributed by atoms with van der Waals surface area (Å²) in [6.45, 7) is 0. The largest absolute Gasteiger partial charge is 0.293 e. The quantitative estimate of drug-likeness (QED) is 0.358. The molecule has 0 aliphatic heterocycles. The smallest absolute Gasteiger partial charge is 0.196 e. The number of hydrogen-bond donors (Lipinski definition) is 0. The Hall–Kier alpha value is -2.08. The molecule has 2 heterocycles. The van der Waals surface area contributed by atoms with E-state index in [1.54, 1.807) is 18.2 Å². The first-order valence-corrected chi connectivity index (χ1v) is 9.21. The van der Waals surface area contributed by atoms with E-state index in [2.05, 4.69) is 10.2 Å². The molecule has 7 heteroatoms. The fraction of sp³-hybridized carbons (Fsp3) is 0.0556. The molecule has 25 heavy (non-hydrogen) atoms. The lowest BCUT2D eigenvalue weighted by molar-refractivity contribution is 0.102. The topological polar surface area (TPSA) is 47.3 Å². The summed E-state index contributed by atoms with van der Waals surface area (Å²) in [6, 6.07) is 16.8. The van der Waals surface area contributed by atoms with Crippen molar-refractivity contribution < 1.29 is 4.79 Å². The van der Waals surface area contributed by atoms with Crippen molar-refractivity contribution in [3.05, 3.63) is 70.2 Å². The second kappa shape index (κ2) is 6.67. The third kappa shape index (κ3) is 3.11. The van der Waals surface area contributed by atoms with E-state index in [1.807, 2.05) is 40.8 Å². The number of fused-ring (bicyclic) bond motifs is 3. The Morgan fingerprint density at radius 1 is 1.04 bits per heavy atom. The normalized spacial score (nSPS) is 11.3. The van der Waals surface area contributed by atoms with Crippen molar-refractivity contribution >= 4 is 57.3 Å². The fourth-order valence-corrected chi connectivity index (χ4v) is 3.98. The molecule has 0 bridgehead atoms. The molecule has 4 nitrogen and oxygen atoms in total. The number of ketones is 1. The summed E-state index contributed by atoms with van der Waals surface area (Å²) in [5.41, 5.74) is 2.21. The van der Waals surface area contributed by atoms with Gasteiger partial charge in [0.05, 0.1) is 16.3 Å². The summed E-state index contributed by atoms with van der Waals surface area (Å²) in [5, 5.41) is 11.0. The molecule has 0 unspecified atom stereocenters. The van der Waals surface area contributed by atoms with Gasteiger partial charge in [0.25, 0.3) is 0 Å². The minimum absolute atomic E-state index is 0.0800. The highest BCUT2D eigenvalue weighted by Gasteiger charge is 2.15. The molecule has 0 aliphatic carbocycles. The zero-order valence-electron chi connectivity index (χ0n) is 12.8. The van der Waals surface area contributed by atoms with E-state index >= 15 is 0 Å². The van der Waals surface area contributed by atoms with Crippen LogP contribution in [0.4, 0.5) is 0 Å². The van der Waals surface area contributed by atoms with E-state index in [0.29, 0.717) is 20.8 Å². The van der Waals surface area contributed by atoms with Crippen LogP contribution < -0.4 is 0 Å². The highest BCUT2D eigenvalue weighted by Crippen LogP contribution is 2.26. The lowest BCUT2D eigenvalue weighted by Crippen LogP contribution is -2.04. The van der Waals surface area contributed by atoms with Gasteiger partial charge < -0.3 is 0 Å². The zero-order chi connectivity index (χ0) is 17.4. The van der Waals surface area contributed by atoms with Gasteiger partial charge >= 0.3 is 0 Å². The summed E-state index contributed by atoms with van der Waals surface area (Å²) in [4.78, 5) is 12.5. The van der Waals surface area contributed by atoms with Crippen molar-refractivity contribution in [2.75, 3.05) is 5.75 Å². The Balaban J connectivity index is 1.65. The van der Waals surface area contributed by atoms with Gasteiger partial charge in [-0.2, -0.15) is 0 Å². The number of pyridine rings is 1. The second-order valence-corrected chi connectivity index (χ2v) is 7.19. The number of carbonyl (C=O) groups is 1. The van der Waals surface area contributed by atoms with Crippen LogP contribution in [0.5, 0.6) is 0 Å². The van der Waals surface area contributed by atoms with E-state index in [0.717, 1.165) is 16.6 Å². The maximum absolute atomic E-state index is 12.5. The molecule has 4 aromatic rings. The minimum atomic E-state index is -0.0800. The Kier molecular flexibility index (Phi) is 4.37. The Bertz CT molecular complexity index is 1110. The van der Waals surface area contributed by atoms with Crippen LogP contribution in [-0.4, -0.2) is 26.1 Å². The van der Waals surface area contributed by atoms with Gasteiger partial charge in [-0.1, -0.05) is 53.2 Å². The summed E-state index contributed by atoms with van der Waals surface area (Å²) >= 11 is 13.3. The predicted octanol–water partition coefficient (Wildman–Crippen LogP) is 5.16. The summed E-state index contributed by atoms with van der Waals surface area (Å²) in [7, 11) is 0. The molecule has 0 radical (unpaired) electrons. The van der Waals surface area contributed by atoms with E-state index in [1.165, 1.54) is 11.8 Å². The van der Waals surface area contributed by atoms with Gasteiger partial charge in [-0.05, 0) is 41.8 Å². The minimum Gasteiger partial charge on any atom is -0.293 e. The molecule has 0 N–H and O–H groups in total. The Morgan fingerprint density at radius 2 is 1.88 bits per heavy atom. The van der Waals surface area contributed by atoms with Crippen molar-refractivity contribution in [3.63, 3.8) is 0 Å². The van der Waals surface area contributed by atoms with Gasteiger partial charge in [0.2, 0.25) is 0 Å². The zero-order valence-corrected chi connectivity index (χ0v) is 15.1. The Labute approximate surface area is 157 Å². The molecule has 0 saturated carbocycles. The van der Waals surface area contributed by atoms with Crippen LogP contribution in [0.25, 0.3) is 16.6 Å². The number of nitrogens with zero attached hydrogens (tertiary/aromatic N) is 3. The van der Waals surface area contributed by atoms with E-state index in [4.69, 9.17) is 23.2 Å². The van der Waals surface area contributed by atoms with Crippen LogP contribution in [-0.2, 0) is 0 Å². The molecule has 124 valence electrons. The van der Waals surface area contributed by atoms with Gasteiger partial charge in [0, 0.05) is 10.6 Å². The molecule has 0 atom stereocenters. The van der Waals surface area contributed by atoms with Crippen LogP contribution >= 0.6 is 35.0 Å². The molecule has 0 aliphatic rings. The monoisotopic (exact) mass is 387 g/mol. The fourth-order valence-electron chi connectivity index (χ4n) is 2.63. The number of aromatic nitrogens is 3. The standard InChI is InChI=1S/C18H11Cl2N3OS/c19-12-6-7-13(14(20)9-12)16(24)10-25-18-22-21-17-8-5-11-3-1-2-4-15(11)23(17)18/h1-9H,10H2. The van der Waals surface area contributed by atoms with E-state index < -0.39 is 0 Å². The molecular weight excluding hydrogens is 377 g/mol. The van der Waals surface area contributed by atoms with Gasteiger partial charge in [-0.3, -0.25) is 9.20 Å². The molecule has 0 fully saturated rings. The maximum atomic E-state index is 12.5. The van der Waals surface area contributed by atoms with E-state index in [-0.39, 0.29) is 11.5 Å². The third-order valence-electron chi connectivity index (χ3n) is 3.81. The maximum Gasteiger partial charge on any atom is 0.196 e. The third-order valence-corrected chi connectivity index (χ3v) is 5.29. The number of carbonyl (C=O) groups excluding carboxylic acids is 1. The van der Waals surface area contributed by atoms with Crippen molar-refractivity contribution in [2.24, 2.45) is 0 Å². The number of thioether (sulfide) groups is 1. The van der Waals surface area contributed by atoms with Gasteiger partial charge in [-0.25, -0.2) is 0 Å². The van der Waals surface area contributed by atoms with Gasteiger partial charge in [-0.15, -0.1) is 10.2 Å². The van der Waals surface area contributed by atoms with Crippen LogP contribution in [0.2, 0.25) is 10.0 Å². The van der Waals surface area contributed by atoms with Crippen LogP contribution in [0.3, 0.4) is 0 Å². The summed E-state index contributed by atoms with van der Waals surface area (Å²) < 4.78 is 1.96. The number of benzene rings is 2. The Morgan fingerprint density at radius 3 is 2.72 bits per heavy atom.